The lowest BCUT2D eigenvalue weighted by atomic mass is 10.1. The minimum atomic E-state index is -3.67. The molecule has 40 heavy (non-hydrogen) atoms. The van der Waals surface area contributed by atoms with Crippen molar-refractivity contribution in [3.05, 3.63) is 93.1 Å². The van der Waals surface area contributed by atoms with Crippen LogP contribution in [0.4, 0.5) is 0 Å². The first-order valence-electron chi connectivity index (χ1n) is 13.2. The molecule has 0 radical (unpaired) electrons. The molecule has 0 atom stereocenters. The standard InChI is InChI=1S/C30H28N4O4S2/c1-3-25-19(2)39-29-26(25)28(35)31-27(32-29)21-8-10-22(11-9-21)30(36)33-14-16-34(17-15-33)40(37,38)24-13-12-20-6-4-5-7-23(20)18-24/h4-13,18H,3,14-17H2,1-2H3,(H,31,32,35). The molecule has 10 heteroatoms. The van der Waals surface area contributed by atoms with E-state index in [0.717, 1.165) is 27.6 Å². The molecule has 0 aliphatic carbocycles. The Balaban J connectivity index is 1.15. The third-order valence-electron chi connectivity index (χ3n) is 7.51. The number of hydrogen-bond donors (Lipinski definition) is 1. The van der Waals surface area contributed by atoms with E-state index in [9.17, 15) is 18.0 Å². The van der Waals surface area contributed by atoms with Crippen LogP contribution in [0.5, 0.6) is 0 Å². The van der Waals surface area contributed by atoms with E-state index in [1.807, 2.05) is 44.2 Å². The second-order valence-corrected chi connectivity index (χ2v) is 13.0. The smallest absolute Gasteiger partial charge is 0.260 e. The number of carbonyl (C=O) groups is 1. The second-order valence-electron chi connectivity index (χ2n) is 9.87. The fraction of sp³-hybridized carbons (Fsp3) is 0.233. The first-order valence-corrected chi connectivity index (χ1v) is 15.4. The van der Waals surface area contributed by atoms with Crippen molar-refractivity contribution in [2.45, 2.75) is 25.2 Å². The number of hydrogen-bond acceptors (Lipinski definition) is 6. The minimum Gasteiger partial charge on any atom is -0.336 e. The number of piperazine rings is 1. The van der Waals surface area contributed by atoms with Crippen LogP contribution in [-0.2, 0) is 16.4 Å². The second kappa shape index (κ2) is 10.3. The first kappa shape index (κ1) is 26.4. The maximum atomic E-state index is 13.3. The van der Waals surface area contributed by atoms with Crippen molar-refractivity contribution in [2.75, 3.05) is 26.2 Å². The van der Waals surface area contributed by atoms with Crippen LogP contribution in [0, 0.1) is 6.92 Å². The van der Waals surface area contributed by atoms with Crippen LogP contribution >= 0.6 is 11.3 Å². The lowest BCUT2D eigenvalue weighted by molar-refractivity contribution is 0.0698. The van der Waals surface area contributed by atoms with Gasteiger partial charge in [-0.25, -0.2) is 13.4 Å². The Morgan fingerprint density at radius 2 is 1.68 bits per heavy atom. The van der Waals surface area contributed by atoms with Crippen molar-refractivity contribution in [1.29, 1.82) is 0 Å². The van der Waals surface area contributed by atoms with Crippen LogP contribution in [-0.4, -0.2) is 59.7 Å². The summed E-state index contributed by atoms with van der Waals surface area (Å²) in [5.41, 5.74) is 2.09. The van der Waals surface area contributed by atoms with Gasteiger partial charge in [-0.3, -0.25) is 9.59 Å². The molecule has 1 fully saturated rings. The lowest BCUT2D eigenvalue weighted by Crippen LogP contribution is -2.50. The van der Waals surface area contributed by atoms with Gasteiger partial charge in [-0.15, -0.1) is 11.3 Å². The Kier molecular flexibility index (Phi) is 6.77. The summed E-state index contributed by atoms with van der Waals surface area (Å²) in [6, 6.07) is 19.8. The summed E-state index contributed by atoms with van der Waals surface area (Å²) < 4.78 is 28.0. The molecule has 1 N–H and O–H groups in total. The average Bonchev–Trinajstić information content (AvgIpc) is 3.32. The summed E-state index contributed by atoms with van der Waals surface area (Å²) in [5, 5.41) is 2.51. The molecule has 3 heterocycles. The van der Waals surface area contributed by atoms with Crippen molar-refractivity contribution in [1.82, 2.24) is 19.2 Å². The van der Waals surface area contributed by atoms with E-state index in [4.69, 9.17) is 0 Å². The maximum Gasteiger partial charge on any atom is 0.260 e. The molecule has 2 aromatic heterocycles. The molecule has 3 aromatic carbocycles. The van der Waals surface area contributed by atoms with Crippen LogP contribution in [0.15, 0.2) is 76.4 Å². The van der Waals surface area contributed by atoms with Crippen molar-refractivity contribution < 1.29 is 13.2 Å². The Hall–Kier alpha value is -3.86. The number of fused-ring (bicyclic) bond motifs is 2. The normalized spacial score (nSPS) is 14.7. The molecule has 204 valence electrons. The molecule has 1 saturated heterocycles. The largest absolute Gasteiger partial charge is 0.336 e. The lowest BCUT2D eigenvalue weighted by Gasteiger charge is -2.34. The van der Waals surface area contributed by atoms with Crippen LogP contribution in [0.25, 0.3) is 32.4 Å². The van der Waals surface area contributed by atoms with Gasteiger partial charge in [-0.05, 0) is 53.9 Å². The van der Waals surface area contributed by atoms with Gasteiger partial charge in [-0.1, -0.05) is 49.4 Å². The minimum absolute atomic E-state index is 0.155. The van der Waals surface area contributed by atoms with Crippen molar-refractivity contribution in [3.8, 4) is 11.4 Å². The van der Waals surface area contributed by atoms with E-state index < -0.39 is 10.0 Å². The van der Waals surface area contributed by atoms with Crippen LogP contribution in [0.1, 0.15) is 27.7 Å². The fourth-order valence-electron chi connectivity index (χ4n) is 5.30. The van der Waals surface area contributed by atoms with Gasteiger partial charge in [0.1, 0.15) is 10.7 Å². The molecule has 1 aliphatic rings. The number of sulfonamides is 1. The summed E-state index contributed by atoms with van der Waals surface area (Å²) in [4.78, 5) is 37.3. The predicted molar refractivity (Wildman–Crippen MR) is 158 cm³/mol. The number of aromatic nitrogens is 2. The first-order chi connectivity index (χ1) is 19.3. The van der Waals surface area contributed by atoms with E-state index in [1.54, 1.807) is 41.3 Å². The summed E-state index contributed by atoms with van der Waals surface area (Å²) in [6.07, 6.45) is 0.774. The number of thiophene rings is 1. The number of aryl methyl sites for hydroxylation is 2. The molecule has 0 saturated carbocycles. The van der Waals surface area contributed by atoms with Gasteiger partial charge < -0.3 is 9.88 Å². The van der Waals surface area contributed by atoms with Crippen molar-refractivity contribution in [2.24, 2.45) is 0 Å². The van der Waals surface area contributed by atoms with E-state index >= 15 is 0 Å². The number of rotatable bonds is 5. The van der Waals surface area contributed by atoms with E-state index in [0.29, 0.717) is 40.3 Å². The highest BCUT2D eigenvalue weighted by molar-refractivity contribution is 7.89. The third kappa shape index (κ3) is 4.61. The van der Waals surface area contributed by atoms with E-state index in [2.05, 4.69) is 9.97 Å². The quantitative estimate of drug-likeness (QED) is 0.325. The van der Waals surface area contributed by atoms with E-state index in [1.165, 1.54) is 15.6 Å². The zero-order valence-electron chi connectivity index (χ0n) is 22.2. The molecule has 1 aliphatic heterocycles. The van der Waals surface area contributed by atoms with Gasteiger partial charge in [0.2, 0.25) is 10.0 Å². The number of nitrogens with zero attached hydrogens (tertiary/aromatic N) is 3. The zero-order valence-corrected chi connectivity index (χ0v) is 23.8. The number of amides is 1. The zero-order chi connectivity index (χ0) is 28.0. The van der Waals surface area contributed by atoms with Gasteiger partial charge >= 0.3 is 0 Å². The Labute approximate surface area is 236 Å². The molecular formula is C30H28N4O4S2. The van der Waals surface area contributed by atoms with Crippen LogP contribution in [0.3, 0.4) is 0 Å². The Morgan fingerprint density at radius 3 is 2.38 bits per heavy atom. The number of benzene rings is 3. The van der Waals surface area contributed by atoms with Gasteiger partial charge in [0.15, 0.2) is 0 Å². The van der Waals surface area contributed by atoms with Crippen LogP contribution in [0.2, 0.25) is 0 Å². The number of nitrogens with one attached hydrogen (secondary N) is 1. The average molecular weight is 573 g/mol. The molecule has 0 spiro atoms. The highest BCUT2D eigenvalue weighted by atomic mass is 32.2. The van der Waals surface area contributed by atoms with E-state index in [-0.39, 0.29) is 29.5 Å². The highest BCUT2D eigenvalue weighted by Crippen LogP contribution is 2.29. The van der Waals surface area contributed by atoms with Gasteiger partial charge in [0.25, 0.3) is 11.5 Å². The summed E-state index contributed by atoms with van der Waals surface area (Å²) in [6.45, 7) is 5.09. The fourth-order valence-corrected chi connectivity index (χ4v) is 7.87. The Bertz CT molecular complexity index is 1920. The molecule has 6 rings (SSSR count). The Morgan fingerprint density at radius 1 is 0.975 bits per heavy atom. The summed E-state index contributed by atoms with van der Waals surface area (Å²) in [7, 11) is -3.67. The van der Waals surface area contributed by atoms with Crippen molar-refractivity contribution in [3.63, 3.8) is 0 Å². The van der Waals surface area contributed by atoms with Gasteiger partial charge in [0, 0.05) is 42.2 Å². The molecule has 8 nitrogen and oxygen atoms in total. The SMILES string of the molecule is CCc1c(C)sc2nc(-c3ccc(C(=O)N4CCN(S(=O)(=O)c5ccc6ccccc6c5)CC4)cc3)[nH]c(=O)c12. The monoisotopic (exact) mass is 572 g/mol. The molecule has 0 unspecified atom stereocenters. The van der Waals surface area contributed by atoms with Gasteiger partial charge in [0.05, 0.1) is 10.3 Å². The highest BCUT2D eigenvalue weighted by Gasteiger charge is 2.30. The molecule has 0 bridgehead atoms. The van der Waals surface area contributed by atoms with Gasteiger partial charge in [-0.2, -0.15) is 4.31 Å². The van der Waals surface area contributed by atoms with Crippen LogP contribution < -0.4 is 5.56 Å². The summed E-state index contributed by atoms with van der Waals surface area (Å²) in [5.74, 6) is 0.306. The topological polar surface area (TPSA) is 103 Å². The number of H-pyrrole nitrogens is 1. The molecule has 5 aromatic rings. The summed E-state index contributed by atoms with van der Waals surface area (Å²) >= 11 is 1.52. The molecular weight excluding hydrogens is 544 g/mol. The number of aromatic amines is 1. The molecule has 1 amide bonds. The predicted octanol–water partition coefficient (Wildman–Crippen LogP) is 4.82. The maximum absolute atomic E-state index is 13.3. The number of carbonyl (C=O) groups excluding carboxylic acids is 1. The van der Waals surface area contributed by atoms with Crippen molar-refractivity contribution >= 4 is 48.3 Å². The third-order valence-corrected chi connectivity index (χ3v) is 10.4.